The molecule has 3 aromatic rings. The number of hydrogen-bond acceptors (Lipinski definition) is 5. The zero-order valence-electron chi connectivity index (χ0n) is 15.2. The summed E-state index contributed by atoms with van der Waals surface area (Å²) < 4.78 is 5.20. The highest BCUT2D eigenvalue weighted by Crippen LogP contribution is 2.21. The molecule has 1 N–H and O–H groups in total. The molecule has 0 saturated carbocycles. The molecule has 1 aromatic carbocycles. The Bertz CT molecular complexity index is 986. The molecule has 2 aromatic heterocycles. The summed E-state index contributed by atoms with van der Waals surface area (Å²) >= 11 is 0. The van der Waals surface area contributed by atoms with Crippen molar-refractivity contribution in [3.63, 3.8) is 0 Å². The molecular formula is C20H20N4O3. The number of methoxy groups -OCH3 is 1. The lowest BCUT2D eigenvalue weighted by Gasteiger charge is -2.17. The van der Waals surface area contributed by atoms with Gasteiger partial charge in [-0.25, -0.2) is 4.79 Å². The van der Waals surface area contributed by atoms with Gasteiger partial charge in [0.15, 0.2) is 0 Å². The Morgan fingerprint density at radius 3 is 2.70 bits per heavy atom. The third-order valence-electron chi connectivity index (χ3n) is 4.17. The lowest BCUT2D eigenvalue weighted by molar-refractivity contribution is 0.0790. The first-order chi connectivity index (χ1) is 13.1. The van der Waals surface area contributed by atoms with E-state index in [0.29, 0.717) is 30.0 Å². The van der Waals surface area contributed by atoms with Crippen LogP contribution >= 0.6 is 0 Å². The lowest BCUT2D eigenvalue weighted by atomic mass is 10.1. The van der Waals surface area contributed by atoms with Crippen molar-refractivity contribution in [3.05, 3.63) is 76.6 Å². The van der Waals surface area contributed by atoms with Gasteiger partial charge in [0.2, 0.25) is 0 Å². The van der Waals surface area contributed by atoms with Crippen LogP contribution in [0.1, 0.15) is 16.1 Å². The highest BCUT2D eigenvalue weighted by molar-refractivity contribution is 5.93. The third-order valence-corrected chi connectivity index (χ3v) is 4.17. The van der Waals surface area contributed by atoms with Gasteiger partial charge in [-0.1, -0.05) is 12.1 Å². The van der Waals surface area contributed by atoms with Gasteiger partial charge in [-0.3, -0.25) is 9.78 Å². The summed E-state index contributed by atoms with van der Waals surface area (Å²) in [6.07, 6.45) is 4.14. The molecule has 7 heteroatoms. The number of benzene rings is 1. The summed E-state index contributed by atoms with van der Waals surface area (Å²) in [7, 11) is 3.27. The van der Waals surface area contributed by atoms with E-state index in [-0.39, 0.29) is 11.6 Å². The molecule has 0 aliphatic carbocycles. The van der Waals surface area contributed by atoms with Gasteiger partial charge in [-0.15, -0.1) is 0 Å². The largest absolute Gasteiger partial charge is 0.497 e. The molecule has 0 saturated heterocycles. The molecule has 27 heavy (non-hydrogen) atoms. The van der Waals surface area contributed by atoms with Gasteiger partial charge < -0.3 is 14.6 Å². The molecule has 0 radical (unpaired) electrons. The molecule has 0 spiro atoms. The Morgan fingerprint density at radius 2 is 1.96 bits per heavy atom. The van der Waals surface area contributed by atoms with Crippen LogP contribution in [-0.4, -0.2) is 46.5 Å². The molecule has 0 bridgehead atoms. The van der Waals surface area contributed by atoms with Gasteiger partial charge in [0, 0.05) is 31.5 Å². The first-order valence-electron chi connectivity index (χ1n) is 8.47. The number of nitrogens with zero attached hydrogens (tertiary/aromatic N) is 3. The number of aromatic amines is 1. The Morgan fingerprint density at radius 1 is 1.19 bits per heavy atom. The number of likely N-dealkylation sites (N-methyl/N-ethyl adjacent to an activating group) is 1. The topological polar surface area (TPSA) is 88.2 Å². The van der Waals surface area contributed by atoms with Crippen LogP contribution in [0.25, 0.3) is 11.3 Å². The van der Waals surface area contributed by atoms with Crippen molar-refractivity contribution < 1.29 is 9.53 Å². The predicted molar refractivity (Wildman–Crippen MR) is 102 cm³/mol. The molecule has 0 unspecified atom stereocenters. The number of ether oxygens (including phenoxy) is 1. The maximum absolute atomic E-state index is 12.7. The lowest BCUT2D eigenvalue weighted by Crippen LogP contribution is -2.31. The highest BCUT2D eigenvalue weighted by Gasteiger charge is 2.15. The van der Waals surface area contributed by atoms with Gasteiger partial charge in [0.25, 0.3) is 5.91 Å². The average Bonchev–Trinajstić information content (AvgIpc) is 2.71. The molecule has 7 nitrogen and oxygen atoms in total. The van der Waals surface area contributed by atoms with Crippen molar-refractivity contribution in [2.45, 2.75) is 6.42 Å². The number of amides is 1. The Labute approximate surface area is 156 Å². The minimum Gasteiger partial charge on any atom is -0.497 e. The summed E-state index contributed by atoms with van der Waals surface area (Å²) in [6.45, 7) is 0.516. The van der Waals surface area contributed by atoms with Crippen molar-refractivity contribution in [2.24, 2.45) is 0 Å². The zero-order valence-corrected chi connectivity index (χ0v) is 15.2. The first-order valence-corrected chi connectivity index (χ1v) is 8.47. The van der Waals surface area contributed by atoms with Crippen molar-refractivity contribution >= 4 is 5.91 Å². The number of rotatable bonds is 6. The number of pyridine rings is 1. The van der Waals surface area contributed by atoms with Crippen LogP contribution in [0.3, 0.4) is 0 Å². The van der Waals surface area contributed by atoms with E-state index in [4.69, 9.17) is 4.74 Å². The summed E-state index contributed by atoms with van der Waals surface area (Å²) in [5.74, 6) is 0.379. The van der Waals surface area contributed by atoms with Crippen LogP contribution in [0, 0.1) is 0 Å². The minimum absolute atomic E-state index is 0.199. The zero-order chi connectivity index (χ0) is 19.2. The maximum Gasteiger partial charge on any atom is 0.346 e. The van der Waals surface area contributed by atoms with Crippen LogP contribution in [0.2, 0.25) is 0 Å². The number of carbonyl (C=O) groups is 1. The van der Waals surface area contributed by atoms with Gasteiger partial charge in [0.1, 0.15) is 11.4 Å². The fourth-order valence-electron chi connectivity index (χ4n) is 2.66. The molecular weight excluding hydrogens is 344 g/mol. The normalized spacial score (nSPS) is 10.4. The van der Waals surface area contributed by atoms with Crippen LogP contribution in [-0.2, 0) is 6.42 Å². The molecule has 0 atom stereocenters. The molecule has 138 valence electrons. The monoisotopic (exact) mass is 364 g/mol. The Hall–Kier alpha value is -3.48. The Balaban J connectivity index is 1.80. The molecule has 0 fully saturated rings. The van der Waals surface area contributed by atoms with E-state index in [1.54, 1.807) is 55.7 Å². The van der Waals surface area contributed by atoms with Crippen molar-refractivity contribution in [1.82, 2.24) is 19.9 Å². The van der Waals surface area contributed by atoms with Crippen molar-refractivity contribution in [3.8, 4) is 17.0 Å². The van der Waals surface area contributed by atoms with Gasteiger partial charge in [0.05, 0.1) is 12.8 Å². The summed E-state index contributed by atoms with van der Waals surface area (Å²) in [5.41, 5.74) is 1.84. The number of carbonyl (C=O) groups excluding carboxylic acids is 1. The standard InChI is InChI=1S/C20H20N4O3/c1-24(11-8-14-6-9-21-10-7-14)19(25)18-13-17(22-20(26)23-18)15-4-3-5-16(12-15)27-2/h3-7,9-10,12-13H,8,11H2,1-2H3,(H,22,23,26). The Kier molecular flexibility index (Phi) is 5.61. The summed E-state index contributed by atoms with van der Waals surface area (Å²) in [4.78, 5) is 36.7. The maximum atomic E-state index is 12.7. The second-order valence-corrected chi connectivity index (χ2v) is 6.05. The molecule has 3 rings (SSSR count). The summed E-state index contributed by atoms with van der Waals surface area (Å²) in [5, 5.41) is 0. The van der Waals surface area contributed by atoms with Crippen molar-refractivity contribution in [2.75, 3.05) is 20.7 Å². The first kappa shape index (κ1) is 18.3. The second-order valence-electron chi connectivity index (χ2n) is 6.05. The van der Waals surface area contributed by atoms with Crippen LogP contribution in [0.15, 0.2) is 59.7 Å². The van der Waals surface area contributed by atoms with Crippen LogP contribution < -0.4 is 10.4 Å². The molecule has 0 aliphatic rings. The molecule has 0 aliphatic heterocycles. The molecule has 1 amide bonds. The highest BCUT2D eigenvalue weighted by atomic mass is 16.5. The average molecular weight is 364 g/mol. The minimum atomic E-state index is -0.568. The van der Waals surface area contributed by atoms with Gasteiger partial charge in [-0.2, -0.15) is 4.98 Å². The molecule has 2 heterocycles. The third kappa shape index (κ3) is 4.58. The second kappa shape index (κ2) is 8.27. The van der Waals surface area contributed by atoms with E-state index >= 15 is 0 Å². The fourth-order valence-corrected chi connectivity index (χ4v) is 2.66. The van der Waals surface area contributed by atoms with Crippen LogP contribution in [0.4, 0.5) is 0 Å². The quantitative estimate of drug-likeness (QED) is 0.724. The summed E-state index contributed by atoms with van der Waals surface area (Å²) in [6, 6.07) is 12.6. The SMILES string of the molecule is COc1cccc(-c2cc(C(=O)N(C)CCc3ccncc3)[nH]c(=O)n2)c1. The van der Waals surface area contributed by atoms with E-state index in [1.165, 1.54) is 0 Å². The van der Waals surface area contributed by atoms with Gasteiger partial charge in [-0.05, 0) is 42.3 Å². The van der Waals surface area contributed by atoms with E-state index in [9.17, 15) is 9.59 Å². The van der Waals surface area contributed by atoms with Crippen molar-refractivity contribution in [1.29, 1.82) is 0 Å². The van der Waals surface area contributed by atoms with Gasteiger partial charge >= 0.3 is 5.69 Å². The number of aromatic nitrogens is 3. The van der Waals surface area contributed by atoms with E-state index in [1.807, 2.05) is 18.2 Å². The predicted octanol–water partition coefficient (Wildman–Crippen LogP) is 2.16. The van der Waals surface area contributed by atoms with E-state index < -0.39 is 5.69 Å². The number of hydrogen-bond donors (Lipinski definition) is 1. The van der Waals surface area contributed by atoms with E-state index in [0.717, 1.165) is 5.56 Å². The number of H-pyrrole nitrogens is 1. The fraction of sp³-hybridized carbons (Fsp3) is 0.200. The van der Waals surface area contributed by atoms with E-state index in [2.05, 4.69) is 15.0 Å². The van der Waals surface area contributed by atoms with Crippen LogP contribution in [0.5, 0.6) is 5.75 Å². The number of nitrogens with one attached hydrogen (secondary N) is 1. The smallest absolute Gasteiger partial charge is 0.346 e.